The van der Waals surface area contributed by atoms with Gasteiger partial charge >= 0.3 is 12.1 Å². The summed E-state index contributed by atoms with van der Waals surface area (Å²) in [5.74, 6) is -1.08. The Bertz CT molecular complexity index is 658. The Morgan fingerprint density at radius 3 is 2.52 bits per heavy atom. The zero-order valence-electron chi connectivity index (χ0n) is 11.2. The molecule has 6 nitrogen and oxygen atoms in total. The Hall–Kier alpha value is -2.32. The molecule has 0 aliphatic rings. The van der Waals surface area contributed by atoms with Gasteiger partial charge in [-0.3, -0.25) is 0 Å². The van der Waals surface area contributed by atoms with Crippen LogP contribution in [-0.4, -0.2) is 25.8 Å². The molecule has 2 aromatic rings. The maximum atomic E-state index is 12.7. The van der Waals surface area contributed by atoms with Gasteiger partial charge in [-0.05, 0) is 0 Å². The summed E-state index contributed by atoms with van der Waals surface area (Å²) in [7, 11) is 0. The van der Waals surface area contributed by atoms with E-state index in [4.69, 9.17) is 9.63 Å². The second-order valence-electron chi connectivity index (χ2n) is 4.76. The molecular weight excluding hydrogens is 291 g/mol. The predicted molar refractivity (Wildman–Crippen MR) is 63.9 cm³/mol. The molecule has 2 heterocycles. The van der Waals surface area contributed by atoms with Crippen LogP contribution in [0.4, 0.5) is 13.2 Å². The summed E-state index contributed by atoms with van der Waals surface area (Å²) in [4.78, 5) is 14.9. The van der Waals surface area contributed by atoms with Gasteiger partial charge in [-0.2, -0.15) is 18.2 Å². The summed E-state index contributed by atoms with van der Waals surface area (Å²) >= 11 is 0. The summed E-state index contributed by atoms with van der Waals surface area (Å²) in [5.41, 5.74) is -2.02. The molecule has 0 radical (unpaired) electrons. The van der Waals surface area contributed by atoms with Gasteiger partial charge < -0.3 is 14.2 Å². The van der Waals surface area contributed by atoms with Gasteiger partial charge in [0.15, 0.2) is 5.82 Å². The Labute approximate surface area is 117 Å². The number of nitrogens with zero attached hydrogens (tertiary/aromatic N) is 3. The molecule has 114 valence electrons. The summed E-state index contributed by atoms with van der Waals surface area (Å²) in [6.45, 7) is 3.55. The fourth-order valence-corrected chi connectivity index (χ4v) is 1.72. The molecule has 0 spiro atoms. The SMILES string of the molecule is CC(C)c1noc(Cn2cc(C(=O)O)c(C(F)(F)F)c2)n1. The minimum atomic E-state index is -4.74. The number of aromatic carboxylic acids is 1. The number of hydrogen-bond acceptors (Lipinski definition) is 4. The predicted octanol–water partition coefficient (Wildman–Crippen LogP) is 2.76. The van der Waals surface area contributed by atoms with Crippen LogP contribution in [0.2, 0.25) is 0 Å². The maximum Gasteiger partial charge on any atom is 0.418 e. The van der Waals surface area contributed by atoms with E-state index in [0.717, 1.165) is 10.8 Å². The molecule has 0 atom stereocenters. The van der Waals surface area contributed by atoms with Crippen LogP contribution >= 0.6 is 0 Å². The Morgan fingerprint density at radius 2 is 2.10 bits per heavy atom. The van der Waals surface area contributed by atoms with Crippen LogP contribution in [0.1, 0.15) is 47.4 Å². The Kier molecular flexibility index (Phi) is 3.75. The van der Waals surface area contributed by atoms with Crippen LogP contribution in [-0.2, 0) is 12.7 Å². The summed E-state index contributed by atoms with van der Waals surface area (Å²) < 4.78 is 44.2. The van der Waals surface area contributed by atoms with Gasteiger partial charge in [0.2, 0.25) is 5.89 Å². The van der Waals surface area contributed by atoms with Crippen molar-refractivity contribution >= 4 is 5.97 Å². The van der Waals surface area contributed by atoms with Crippen molar-refractivity contribution in [1.29, 1.82) is 0 Å². The number of halogens is 3. The number of carbonyl (C=O) groups is 1. The molecule has 9 heteroatoms. The van der Waals surface area contributed by atoms with Gasteiger partial charge in [0.25, 0.3) is 0 Å². The van der Waals surface area contributed by atoms with Gasteiger partial charge in [0, 0.05) is 18.3 Å². The van der Waals surface area contributed by atoms with Crippen molar-refractivity contribution in [1.82, 2.24) is 14.7 Å². The van der Waals surface area contributed by atoms with E-state index in [0.29, 0.717) is 12.0 Å². The largest absolute Gasteiger partial charge is 0.478 e. The van der Waals surface area contributed by atoms with Gasteiger partial charge in [0.1, 0.15) is 6.54 Å². The van der Waals surface area contributed by atoms with Crippen LogP contribution in [0.25, 0.3) is 0 Å². The van der Waals surface area contributed by atoms with Crippen LogP contribution < -0.4 is 0 Å². The van der Waals surface area contributed by atoms with E-state index in [1.54, 1.807) is 0 Å². The number of alkyl halides is 3. The van der Waals surface area contributed by atoms with Gasteiger partial charge in [-0.25, -0.2) is 4.79 Å². The third-order valence-electron chi connectivity index (χ3n) is 2.73. The number of carboxylic acid groups (broad SMARTS) is 1. The fraction of sp³-hybridized carbons (Fsp3) is 0.417. The molecule has 2 rings (SSSR count). The Morgan fingerprint density at radius 1 is 1.43 bits per heavy atom. The van der Waals surface area contributed by atoms with Gasteiger partial charge in [-0.1, -0.05) is 19.0 Å². The number of carboxylic acids is 1. The number of aromatic nitrogens is 3. The maximum absolute atomic E-state index is 12.7. The molecule has 0 saturated heterocycles. The van der Waals surface area contributed by atoms with Crippen LogP contribution in [0, 0.1) is 0 Å². The minimum Gasteiger partial charge on any atom is -0.478 e. The van der Waals surface area contributed by atoms with E-state index in [1.165, 1.54) is 0 Å². The standard InChI is InChI=1S/C12H12F3N3O3/c1-6(2)10-16-9(21-17-10)5-18-3-7(11(19)20)8(4-18)12(13,14)15/h3-4,6H,5H2,1-2H3,(H,19,20). The lowest BCUT2D eigenvalue weighted by molar-refractivity contribution is -0.138. The summed E-state index contributed by atoms with van der Waals surface area (Å²) in [6, 6.07) is 0. The lowest BCUT2D eigenvalue weighted by Gasteiger charge is -2.04. The molecule has 0 unspecified atom stereocenters. The molecule has 0 saturated carbocycles. The smallest absolute Gasteiger partial charge is 0.418 e. The highest BCUT2D eigenvalue weighted by atomic mass is 19.4. The van der Waals surface area contributed by atoms with E-state index >= 15 is 0 Å². The number of rotatable bonds is 4. The van der Waals surface area contributed by atoms with Crippen molar-refractivity contribution in [2.24, 2.45) is 0 Å². The topological polar surface area (TPSA) is 81.2 Å². The third-order valence-corrected chi connectivity index (χ3v) is 2.73. The second kappa shape index (κ2) is 5.23. The first-order valence-electron chi connectivity index (χ1n) is 6.01. The van der Waals surface area contributed by atoms with Gasteiger partial charge in [-0.15, -0.1) is 0 Å². The number of hydrogen-bond donors (Lipinski definition) is 1. The first-order chi connectivity index (χ1) is 9.68. The second-order valence-corrected chi connectivity index (χ2v) is 4.76. The quantitative estimate of drug-likeness (QED) is 0.939. The average Bonchev–Trinajstić information content (AvgIpc) is 2.95. The van der Waals surface area contributed by atoms with E-state index in [9.17, 15) is 18.0 Å². The Balaban J connectivity index is 2.30. The molecule has 0 aromatic carbocycles. The van der Waals surface area contributed by atoms with Crippen molar-refractivity contribution < 1.29 is 27.6 Å². The van der Waals surface area contributed by atoms with Crippen molar-refractivity contribution in [3.63, 3.8) is 0 Å². The molecule has 0 bridgehead atoms. The molecule has 1 N–H and O–H groups in total. The zero-order chi connectivity index (χ0) is 15.8. The normalized spacial score (nSPS) is 12.1. The molecule has 21 heavy (non-hydrogen) atoms. The van der Waals surface area contributed by atoms with Crippen molar-refractivity contribution in [3.05, 3.63) is 35.2 Å². The van der Waals surface area contributed by atoms with Crippen LogP contribution in [0.15, 0.2) is 16.9 Å². The van der Waals surface area contributed by atoms with E-state index in [-0.39, 0.29) is 18.4 Å². The molecule has 0 amide bonds. The molecular formula is C12H12F3N3O3. The molecule has 0 aliphatic heterocycles. The first-order valence-corrected chi connectivity index (χ1v) is 6.01. The highest BCUT2D eigenvalue weighted by Crippen LogP contribution is 2.32. The van der Waals surface area contributed by atoms with Crippen LogP contribution in [0.5, 0.6) is 0 Å². The molecule has 2 aromatic heterocycles. The minimum absolute atomic E-state index is 0.0208. The van der Waals surface area contributed by atoms with Crippen molar-refractivity contribution in [3.8, 4) is 0 Å². The van der Waals surface area contributed by atoms with E-state index in [2.05, 4.69) is 10.1 Å². The summed E-state index contributed by atoms with van der Waals surface area (Å²) in [6.07, 6.45) is -3.13. The van der Waals surface area contributed by atoms with Crippen molar-refractivity contribution in [2.75, 3.05) is 0 Å². The highest BCUT2D eigenvalue weighted by molar-refractivity contribution is 5.89. The lowest BCUT2D eigenvalue weighted by Crippen LogP contribution is -2.09. The summed E-state index contributed by atoms with van der Waals surface area (Å²) in [5, 5.41) is 12.5. The average molecular weight is 303 g/mol. The van der Waals surface area contributed by atoms with Crippen LogP contribution in [0.3, 0.4) is 0 Å². The lowest BCUT2D eigenvalue weighted by atomic mass is 10.2. The van der Waals surface area contributed by atoms with Crippen molar-refractivity contribution in [2.45, 2.75) is 32.5 Å². The highest BCUT2D eigenvalue weighted by Gasteiger charge is 2.37. The monoisotopic (exact) mass is 303 g/mol. The molecule has 0 fully saturated rings. The molecule has 0 aliphatic carbocycles. The van der Waals surface area contributed by atoms with E-state index in [1.807, 2.05) is 13.8 Å². The van der Waals surface area contributed by atoms with Gasteiger partial charge in [0.05, 0.1) is 11.1 Å². The fourth-order valence-electron chi connectivity index (χ4n) is 1.72. The van der Waals surface area contributed by atoms with E-state index < -0.39 is 23.3 Å². The third kappa shape index (κ3) is 3.23. The zero-order valence-corrected chi connectivity index (χ0v) is 11.2. The first kappa shape index (κ1) is 15.1.